The van der Waals surface area contributed by atoms with Crippen molar-refractivity contribution >= 4 is 0 Å². The molecule has 0 unspecified atom stereocenters. The summed E-state index contributed by atoms with van der Waals surface area (Å²) >= 11 is 0. The highest BCUT2D eigenvalue weighted by Crippen LogP contribution is 2.20. The monoisotopic (exact) mass is 197 g/mol. The van der Waals surface area contributed by atoms with E-state index in [-0.39, 0.29) is 0 Å². The van der Waals surface area contributed by atoms with Crippen LogP contribution in [0.3, 0.4) is 0 Å². The van der Waals surface area contributed by atoms with E-state index < -0.39 is 0 Å². The molecule has 0 aliphatic carbocycles. The number of hydrogen-bond donors (Lipinski definition) is 0. The maximum absolute atomic E-state index is 5.39. The quantitative estimate of drug-likeness (QED) is 0.672. The molecule has 14 heavy (non-hydrogen) atoms. The molecule has 0 bridgehead atoms. The zero-order valence-corrected chi connectivity index (χ0v) is 9.37. The zero-order chi connectivity index (χ0) is 9.80. The van der Waals surface area contributed by atoms with Crippen LogP contribution in [0, 0.1) is 11.8 Å². The normalized spacial score (nSPS) is 31.9. The van der Waals surface area contributed by atoms with Crippen molar-refractivity contribution in [1.82, 2.24) is 4.90 Å². The summed E-state index contributed by atoms with van der Waals surface area (Å²) in [6.45, 7) is 8.37. The lowest BCUT2D eigenvalue weighted by molar-refractivity contribution is 0.0461. The van der Waals surface area contributed by atoms with Crippen molar-refractivity contribution in [2.45, 2.75) is 32.6 Å². The molecule has 2 rings (SSSR count). The SMILES string of the molecule is C[C@H]1CCCN(CC2CCOCC2)C1. The third-order valence-electron chi connectivity index (χ3n) is 3.60. The Bertz CT molecular complexity index is 166. The average molecular weight is 197 g/mol. The van der Waals surface area contributed by atoms with Crippen LogP contribution in [0.1, 0.15) is 32.6 Å². The van der Waals surface area contributed by atoms with Gasteiger partial charge in [-0.15, -0.1) is 0 Å². The van der Waals surface area contributed by atoms with Gasteiger partial charge in [0, 0.05) is 26.3 Å². The first-order valence-electron chi connectivity index (χ1n) is 6.14. The molecule has 2 heterocycles. The summed E-state index contributed by atoms with van der Waals surface area (Å²) in [5.74, 6) is 1.83. The third-order valence-corrected chi connectivity index (χ3v) is 3.60. The van der Waals surface area contributed by atoms with E-state index in [2.05, 4.69) is 11.8 Å². The standard InChI is InChI=1S/C12H23NO/c1-11-3-2-6-13(9-11)10-12-4-7-14-8-5-12/h11-12H,2-10H2,1H3/t11-/m0/s1. The highest BCUT2D eigenvalue weighted by atomic mass is 16.5. The maximum Gasteiger partial charge on any atom is 0.0469 e. The Morgan fingerprint density at radius 1 is 1.21 bits per heavy atom. The topological polar surface area (TPSA) is 12.5 Å². The lowest BCUT2D eigenvalue weighted by atomic mass is 9.95. The Labute approximate surface area is 87.6 Å². The van der Waals surface area contributed by atoms with Crippen LogP contribution in [0.4, 0.5) is 0 Å². The first-order chi connectivity index (χ1) is 6.84. The van der Waals surface area contributed by atoms with Gasteiger partial charge < -0.3 is 9.64 Å². The van der Waals surface area contributed by atoms with E-state index in [0.717, 1.165) is 25.0 Å². The zero-order valence-electron chi connectivity index (χ0n) is 9.37. The fraction of sp³-hybridized carbons (Fsp3) is 1.00. The fourth-order valence-electron chi connectivity index (χ4n) is 2.75. The Morgan fingerprint density at radius 2 is 2.00 bits per heavy atom. The van der Waals surface area contributed by atoms with E-state index in [9.17, 15) is 0 Å². The van der Waals surface area contributed by atoms with Crippen molar-refractivity contribution in [2.24, 2.45) is 11.8 Å². The molecule has 0 aromatic rings. The summed E-state index contributed by atoms with van der Waals surface area (Å²) in [5.41, 5.74) is 0. The van der Waals surface area contributed by atoms with E-state index in [4.69, 9.17) is 4.74 Å². The number of hydrogen-bond acceptors (Lipinski definition) is 2. The molecule has 82 valence electrons. The minimum atomic E-state index is 0.911. The second kappa shape index (κ2) is 5.13. The minimum Gasteiger partial charge on any atom is -0.381 e. The van der Waals surface area contributed by atoms with E-state index in [0.29, 0.717) is 0 Å². The molecule has 0 N–H and O–H groups in total. The van der Waals surface area contributed by atoms with Crippen molar-refractivity contribution in [3.05, 3.63) is 0 Å². The van der Waals surface area contributed by atoms with Crippen LogP contribution in [-0.4, -0.2) is 37.7 Å². The summed E-state index contributed by atoms with van der Waals surface area (Å²) < 4.78 is 5.39. The molecule has 2 aliphatic rings. The molecular formula is C12H23NO. The van der Waals surface area contributed by atoms with E-state index in [1.807, 2.05) is 0 Å². The molecular weight excluding hydrogens is 174 g/mol. The molecule has 2 saturated heterocycles. The Balaban J connectivity index is 1.72. The largest absolute Gasteiger partial charge is 0.381 e. The second-order valence-corrected chi connectivity index (χ2v) is 5.06. The van der Waals surface area contributed by atoms with Gasteiger partial charge >= 0.3 is 0 Å². The van der Waals surface area contributed by atoms with Crippen molar-refractivity contribution in [2.75, 3.05) is 32.8 Å². The summed E-state index contributed by atoms with van der Waals surface area (Å²) in [6.07, 6.45) is 5.41. The molecule has 0 aromatic heterocycles. The molecule has 2 heteroatoms. The summed E-state index contributed by atoms with van der Waals surface area (Å²) in [4.78, 5) is 2.67. The number of nitrogens with zero attached hydrogens (tertiary/aromatic N) is 1. The van der Waals surface area contributed by atoms with Gasteiger partial charge in [0.25, 0.3) is 0 Å². The van der Waals surface area contributed by atoms with E-state index >= 15 is 0 Å². The number of ether oxygens (including phenoxy) is 1. The number of piperidine rings is 1. The van der Waals surface area contributed by atoms with Gasteiger partial charge in [0.1, 0.15) is 0 Å². The first-order valence-corrected chi connectivity index (χ1v) is 6.14. The van der Waals surface area contributed by atoms with Gasteiger partial charge in [-0.25, -0.2) is 0 Å². The van der Waals surface area contributed by atoms with Gasteiger partial charge in [0.05, 0.1) is 0 Å². The van der Waals surface area contributed by atoms with Gasteiger partial charge in [-0.05, 0) is 44.1 Å². The van der Waals surface area contributed by atoms with E-state index in [1.54, 1.807) is 0 Å². The smallest absolute Gasteiger partial charge is 0.0469 e. The summed E-state index contributed by atoms with van der Waals surface area (Å²) in [7, 11) is 0. The average Bonchev–Trinajstić information content (AvgIpc) is 2.19. The lowest BCUT2D eigenvalue weighted by Gasteiger charge is -2.34. The Morgan fingerprint density at radius 3 is 2.71 bits per heavy atom. The second-order valence-electron chi connectivity index (χ2n) is 5.06. The number of rotatable bonds is 2. The van der Waals surface area contributed by atoms with Crippen molar-refractivity contribution in [3.8, 4) is 0 Å². The predicted octanol–water partition coefficient (Wildman–Crippen LogP) is 2.14. The fourth-order valence-corrected chi connectivity index (χ4v) is 2.75. The molecule has 1 atom stereocenters. The molecule has 2 fully saturated rings. The highest BCUT2D eigenvalue weighted by molar-refractivity contribution is 4.74. The highest BCUT2D eigenvalue weighted by Gasteiger charge is 2.21. The summed E-state index contributed by atoms with van der Waals surface area (Å²) in [6, 6.07) is 0. The van der Waals surface area contributed by atoms with Crippen LogP contribution < -0.4 is 0 Å². The van der Waals surface area contributed by atoms with Crippen molar-refractivity contribution < 1.29 is 4.74 Å². The van der Waals surface area contributed by atoms with Crippen LogP contribution in [0.15, 0.2) is 0 Å². The van der Waals surface area contributed by atoms with Gasteiger partial charge in [0.15, 0.2) is 0 Å². The molecule has 0 aromatic carbocycles. The van der Waals surface area contributed by atoms with Crippen LogP contribution >= 0.6 is 0 Å². The van der Waals surface area contributed by atoms with Crippen molar-refractivity contribution in [3.63, 3.8) is 0 Å². The number of likely N-dealkylation sites (tertiary alicyclic amines) is 1. The first kappa shape index (κ1) is 10.4. The Kier molecular flexibility index (Phi) is 3.82. The molecule has 0 saturated carbocycles. The van der Waals surface area contributed by atoms with E-state index in [1.165, 1.54) is 45.3 Å². The minimum absolute atomic E-state index is 0.911. The maximum atomic E-state index is 5.39. The molecule has 0 radical (unpaired) electrons. The molecule has 0 amide bonds. The van der Waals surface area contributed by atoms with Crippen molar-refractivity contribution in [1.29, 1.82) is 0 Å². The molecule has 2 aliphatic heterocycles. The van der Waals surface area contributed by atoms with Gasteiger partial charge in [-0.1, -0.05) is 6.92 Å². The van der Waals surface area contributed by atoms with Crippen LogP contribution in [0.25, 0.3) is 0 Å². The Hall–Kier alpha value is -0.0800. The van der Waals surface area contributed by atoms with Crippen LogP contribution in [0.2, 0.25) is 0 Å². The summed E-state index contributed by atoms with van der Waals surface area (Å²) in [5, 5.41) is 0. The third kappa shape index (κ3) is 2.96. The van der Waals surface area contributed by atoms with Crippen LogP contribution in [-0.2, 0) is 4.74 Å². The van der Waals surface area contributed by atoms with Gasteiger partial charge in [-0.2, -0.15) is 0 Å². The van der Waals surface area contributed by atoms with Gasteiger partial charge in [0.2, 0.25) is 0 Å². The molecule has 0 spiro atoms. The molecule has 2 nitrogen and oxygen atoms in total. The van der Waals surface area contributed by atoms with Gasteiger partial charge in [-0.3, -0.25) is 0 Å². The van der Waals surface area contributed by atoms with Crippen LogP contribution in [0.5, 0.6) is 0 Å². The lowest BCUT2D eigenvalue weighted by Crippen LogP contribution is -2.39. The predicted molar refractivity (Wildman–Crippen MR) is 58.4 cm³/mol.